The van der Waals surface area contributed by atoms with Crippen molar-refractivity contribution in [1.82, 2.24) is 9.78 Å². The van der Waals surface area contributed by atoms with E-state index >= 15 is 0 Å². The van der Waals surface area contributed by atoms with Crippen LogP contribution in [0.25, 0.3) is 0 Å². The second-order valence-corrected chi connectivity index (χ2v) is 5.31. The molecular formula is C11H18ClN3O2. The predicted octanol–water partition coefficient (Wildman–Crippen LogP) is 2.83. The molecule has 1 atom stereocenters. The molecule has 0 bridgehead atoms. The van der Waals surface area contributed by atoms with Crippen molar-refractivity contribution in [2.45, 2.75) is 39.0 Å². The van der Waals surface area contributed by atoms with Crippen LogP contribution in [0.4, 0.5) is 5.69 Å². The minimum absolute atomic E-state index is 0.0940. The van der Waals surface area contributed by atoms with Crippen LogP contribution in [0.5, 0.6) is 0 Å². The van der Waals surface area contributed by atoms with E-state index in [4.69, 9.17) is 11.6 Å². The second kappa shape index (κ2) is 5.49. The zero-order chi connectivity index (χ0) is 13.2. The van der Waals surface area contributed by atoms with Crippen molar-refractivity contribution >= 4 is 17.3 Å². The lowest BCUT2D eigenvalue weighted by atomic mass is 10.0. The molecule has 0 aliphatic heterocycles. The minimum Gasteiger partial charge on any atom is -0.265 e. The lowest BCUT2D eigenvalue weighted by Gasteiger charge is -2.11. The molecule has 1 rings (SSSR count). The number of nitrogens with zero attached hydrogens (tertiary/aromatic N) is 3. The Morgan fingerprint density at radius 3 is 2.59 bits per heavy atom. The molecule has 0 amide bonds. The average molecular weight is 260 g/mol. The van der Waals surface area contributed by atoms with Crippen LogP contribution in [-0.2, 0) is 13.5 Å². The van der Waals surface area contributed by atoms with Crippen molar-refractivity contribution in [3.63, 3.8) is 0 Å². The fraction of sp³-hybridized carbons (Fsp3) is 0.727. The van der Waals surface area contributed by atoms with E-state index in [-0.39, 0.29) is 16.0 Å². The highest BCUT2D eigenvalue weighted by Crippen LogP contribution is 2.26. The molecule has 0 N–H and O–H groups in total. The van der Waals surface area contributed by atoms with Gasteiger partial charge in [-0.3, -0.25) is 14.8 Å². The Balaban J connectivity index is 2.94. The molecule has 0 spiro atoms. The average Bonchev–Trinajstić information content (AvgIpc) is 2.39. The smallest absolute Gasteiger partial charge is 0.265 e. The van der Waals surface area contributed by atoms with Crippen LogP contribution in [-0.4, -0.2) is 20.1 Å². The highest BCUT2D eigenvalue weighted by Gasteiger charge is 2.25. The van der Waals surface area contributed by atoms with Crippen LogP contribution in [0.2, 0.25) is 0 Å². The molecule has 96 valence electrons. The van der Waals surface area contributed by atoms with Crippen LogP contribution < -0.4 is 0 Å². The van der Waals surface area contributed by atoms with Crippen LogP contribution in [0.1, 0.15) is 31.7 Å². The normalized spacial score (nSPS) is 13.1. The maximum Gasteiger partial charge on any atom is 0.313 e. The quantitative estimate of drug-likeness (QED) is 0.464. The van der Waals surface area contributed by atoms with E-state index in [0.29, 0.717) is 23.7 Å². The molecule has 1 unspecified atom stereocenters. The van der Waals surface area contributed by atoms with Gasteiger partial charge in [-0.25, -0.2) is 0 Å². The summed E-state index contributed by atoms with van der Waals surface area (Å²) in [6.07, 6.45) is 1.32. The van der Waals surface area contributed by atoms with Gasteiger partial charge in [-0.05, 0) is 19.3 Å². The van der Waals surface area contributed by atoms with Gasteiger partial charge in [0.1, 0.15) is 11.4 Å². The largest absolute Gasteiger partial charge is 0.313 e. The third-order valence-electron chi connectivity index (χ3n) is 2.63. The first kappa shape index (κ1) is 14.0. The number of halogens is 1. The lowest BCUT2D eigenvalue weighted by Crippen LogP contribution is -2.11. The van der Waals surface area contributed by atoms with Gasteiger partial charge in [-0.2, -0.15) is 5.10 Å². The third-order valence-corrected chi connectivity index (χ3v) is 2.96. The summed E-state index contributed by atoms with van der Waals surface area (Å²) >= 11 is 6.20. The molecule has 0 saturated heterocycles. The molecule has 5 nitrogen and oxygen atoms in total. The predicted molar refractivity (Wildman–Crippen MR) is 67.4 cm³/mol. The molecule has 0 fully saturated rings. The summed E-state index contributed by atoms with van der Waals surface area (Å²) in [7, 11) is 1.72. The van der Waals surface area contributed by atoms with Gasteiger partial charge in [0.15, 0.2) is 0 Å². The minimum atomic E-state index is -0.378. The highest BCUT2D eigenvalue weighted by atomic mass is 35.5. The van der Waals surface area contributed by atoms with Crippen LogP contribution in [0.15, 0.2) is 0 Å². The monoisotopic (exact) mass is 259 g/mol. The van der Waals surface area contributed by atoms with Crippen molar-refractivity contribution in [3.05, 3.63) is 21.5 Å². The maximum atomic E-state index is 11.0. The summed E-state index contributed by atoms with van der Waals surface area (Å²) in [4.78, 5) is 10.6. The van der Waals surface area contributed by atoms with Gasteiger partial charge in [0.25, 0.3) is 0 Å². The number of hydrogen-bond acceptors (Lipinski definition) is 3. The summed E-state index contributed by atoms with van der Waals surface area (Å²) in [5, 5.41) is 15.0. The SMILES string of the molecule is Cc1nn(C)c(CC(Cl)CC(C)C)c1[N+](=O)[O-]. The fourth-order valence-corrected chi connectivity index (χ4v) is 2.47. The Bertz CT molecular complexity index is 415. The number of nitro groups is 1. The molecule has 1 aromatic heterocycles. The Morgan fingerprint density at radius 2 is 2.12 bits per heavy atom. The molecule has 0 aliphatic rings. The number of hydrogen-bond donors (Lipinski definition) is 0. The van der Waals surface area contributed by atoms with Crippen LogP contribution in [0.3, 0.4) is 0 Å². The molecule has 1 aromatic rings. The van der Waals surface area contributed by atoms with Gasteiger partial charge in [-0.1, -0.05) is 13.8 Å². The van der Waals surface area contributed by atoms with Crippen molar-refractivity contribution in [2.24, 2.45) is 13.0 Å². The van der Waals surface area contributed by atoms with E-state index < -0.39 is 0 Å². The van der Waals surface area contributed by atoms with Crippen molar-refractivity contribution < 1.29 is 4.92 Å². The molecular weight excluding hydrogens is 242 g/mol. The van der Waals surface area contributed by atoms with Gasteiger partial charge in [0.2, 0.25) is 0 Å². The Labute approximate surface area is 106 Å². The zero-order valence-corrected chi connectivity index (χ0v) is 11.4. The molecule has 0 saturated carbocycles. The Hall–Kier alpha value is -1.10. The summed E-state index contributed by atoms with van der Waals surface area (Å²) in [5.74, 6) is 0.478. The lowest BCUT2D eigenvalue weighted by molar-refractivity contribution is -0.386. The first-order valence-electron chi connectivity index (χ1n) is 5.63. The zero-order valence-electron chi connectivity index (χ0n) is 10.6. The highest BCUT2D eigenvalue weighted by molar-refractivity contribution is 6.20. The van der Waals surface area contributed by atoms with Gasteiger partial charge >= 0.3 is 5.69 Å². The first-order chi connectivity index (χ1) is 7.82. The number of aryl methyl sites for hydroxylation is 2. The first-order valence-corrected chi connectivity index (χ1v) is 6.07. The standard InChI is InChI=1S/C11H18ClN3O2/c1-7(2)5-9(12)6-10-11(15(16)17)8(3)13-14(10)4/h7,9H,5-6H2,1-4H3. The summed E-state index contributed by atoms with van der Waals surface area (Å²) in [6, 6.07) is 0. The molecule has 17 heavy (non-hydrogen) atoms. The molecule has 0 radical (unpaired) electrons. The topological polar surface area (TPSA) is 61.0 Å². The molecule has 0 aliphatic carbocycles. The maximum absolute atomic E-state index is 11.0. The summed E-state index contributed by atoms with van der Waals surface area (Å²) < 4.78 is 1.56. The van der Waals surface area contributed by atoms with E-state index in [0.717, 1.165) is 6.42 Å². The van der Waals surface area contributed by atoms with Gasteiger partial charge in [0.05, 0.1) is 4.92 Å². The van der Waals surface area contributed by atoms with E-state index in [1.54, 1.807) is 18.7 Å². The Morgan fingerprint density at radius 1 is 1.53 bits per heavy atom. The third kappa shape index (κ3) is 3.43. The van der Waals surface area contributed by atoms with Gasteiger partial charge in [0, 0.05) is 18.8 Å². The second-order valence-electron chi connectivity index (χ2n) is 4.69. The molecule has 0 aromatic carbocycles. The van der Waals surface area contributed by atoms with Crippen molar-refractivity contribution in [1.29, 1.82) is 0 Å². The van der Waals surface area contributed by atoms with Crippen LogP contribution >= 0.6 is 11.6 Å². The summed E-state index contributed by atoms with van der Waals surface area (Å²) in [6.45, 7) is 5.81. The van der Waals surface area contributed by atoms with Crippen LogP contribution in [0, 0.1) is 23.0 Å². The van der Waals surface area contributed by atoms with E-state index in [1.807, 2.05) is 0 Å². The fourth-order valence-electron chi connectivity index (χ4n) is 1.97. The van der Waals surface area contributed by atoms with E-state index in [2.05, 4.69) is 18.9 Å². The van der Waals surface area contributed by atoms with E-state index in [1.165, 1.54) is 0 Å². The van der Waals surface area contributed by atoms with Gasteiger partial charge < -0.3 is 0 Å². The van der Waals surface area contributed by atoms with Crippen molar-refractivity contribution in [2.75, 3.05) is 0 Å². The number of alkyl halides is 1. The van der Waals surface area contributed by atoms with E-state index in [9.17, 15) is 10.1 Å². The summed E-state index contributed by atoms with van der Waals surface area (Å²) in [5.41, 5.74) is 1.15. The number of rotatable bonds is 5. The van der Waals surface area contributed by atoms with Crippen molar-refractivity contribution in [3.8, 4) is 0 Å². The van der Waals surface area contributed by atoms with Gasteiger partial charge in [-0.15, -0.1) is 11.6 Å². The molecule has 1 heterocycles. The Kier molecular flexibility index (Phi) is 4.51. The molecule has 6 heteroatoms. The number of aromatic nitrogens is 2.